The minimum Gasteiger partial charge on any atom is -0.486 e. The Morgan fingerprint density at radius 1 is 1.23 bits per heavy atom. The van der Waals surface area contributed by atoms with E-state index in [4.69, 9.17) is 4.74 Å². The average molecular weight is 371 g/mol. The summed E-state index contributed by atoms with van der Waals surface area (Å²) in [6, 6.07) is 7.04. The maximum atomic E-state index is 12.2. The molecule has 1 aliphatic rings. The molecule has 3 heterocycles. The highest BCUT2D eigenvalue weighted by Crippen LogP contribution is 2.36. The SMILES string of the molecule is CS(=O)(=O)c1nccc(-c2ccc3c(c2)OCC(=O)C3)c1-c1nn[nH]n1. The molecule has 2 aromatic heterocycles. The molecule has 0 amide bonds. The molecule has 10 heteroatoms. The molecular weight excluding hydrogens is 358 g/mol. The zero-order chi connectivity index (χ0) is 18.3. The molecule has 1 N–H and O–H groups in total. The second-order valence-corrected chi connectivity index (χ2v) is 7.80. The van der Waals surface area contributed by atoms with Crippen LogP contribution in [0.2, 0.25) is 0 Å². The highest BCUT2D eigenvalue weighted by Gasteiger charge is 2.25. The van der Waals surface area contributed by atoms with Gasteiger partial charge in [-0.25, -0.2) is 13.4 Å². The molecule has 0 aliphatic carbocycles. The van der Waals surface area contributed by atoms with Crippen molar-refractivity contribution in [2.24, 2.45) is 0 Å². The van der Waals surface area contributed by atoms with Crippen LogP contribution in [0.15, 0.2) is 35.5 Å². The van der Waals surface area contributed by atoms with Gasteiger partial charge in [0.2, 0.25) is 5.82 Å². The summed E-state index contributed by atoms with van der Waals surface area (Å²) in [4.78, 5) is 15.5. The summed E-state index contributed by atoms with van der Waals surface area (Å²) in [5, 5.41) is 13.5. The number of aromatic amines is 1. The van der Waals surface area contributed by atoms with E-state index in [2.05, 4.69) is 25.6 Å². The molecule has 0 fully saturated rings. The molecule has 26 heavy (non-hydrogen) atoms. The first-order valence-electron chi connectivity index (χ1n) is 7.64. The van der Waals surface area contributed by atoms with Gasteiger partial charge >= 0.3 is 0 Å². The Kier molecular flexibility index (Phi) is 3.76. The molecule has 1 aromatic carbocycles. The van der Waals surface area contributed by atoms with E-state index in [0.717, 1.165) is 11.8 Å². The monoisotopic (exact) mass is 371 g/mol. The number of ketones is 1. The lowest BCUT2D eigenvalue weighted by atomic mass is 9.97. The van der Waals surface area contributed by atoms with Gasteiger partial charge in [0.15, 0.2) is 20.6 Å². The lowest BCUT2D eigenvalue weighted by molar-refractivity contribution is -0.121. The molecule has 1 aliphatic heterocycles. The summed E-state index contributed by atoms with van der Waals surface area (Å²) in [6.07, 6.45) is 2.81. The first-order chi connectivity index (χ1) is 12.4. The number of nitrogens with zero attached hydrogens (tertiary/aromatic N) is 4. The minimum absolute atomic E-state index is 0.0148. The number of carbonyl (C=O) groups excluding carboxylic acids is 1. The maximum absolute atomic E-state index is 12.2. The third-order valence-corrected chi connectivity index (χ3v) is 5.00. The van der Waals surface area contributed by atoms with Crippen LogP contribution in [0.25, 0.3) is 22.5 Å². The molecule has 0 spiro atoms. The molecule has 0 saturated heterocycles. The van der Waals surface area contributed by atoms with Crippen molar-refractivity contribution in [2.75, 3.05) is 12.9 Å². The number of nitrogens with one attached hydrogen (secondary N) is 1. The van der Waals surface area contributed by atoms with E-state index in [0.29, 0.717) is 23.3 Å². The highest BCUT2D eigenvalue weighted by atomic mass is 32.2. The number of hydrogen-bond donors (Lipinski definition) is 1. The molecule has 0 unspecified atom stereocenters. The zero-order valence-corrected chi connectivity index (χ0v) is 14.4. The maximum Gasteiger partial charge on any atom is 0.208 e. The van der Waals surface area contributed by atoms with Gasteiger partial charge in [0, 0.05) is 24.4 Å². The number of rotatable bonds is 3. The second-order valence-electron chi connectivity index (χ2n) is 5.87. The fourth-order valence-electron chi connectivity index (χ4n) is 2.87. The van der Waals surface area contributed by atoms with Crippen LogP contribution in [-0.4, -0.2) is 52.7 Å². The standard InChI is InChI=1S/C16H13N5O4S/c1-26(23,24)16-14(15-18-20-21-19-15)12(4-5-17-16)9-2-3-10-6-11(22)8-25-13(10)7-9/h2-5,7H,6,8H2,1H3,(H,18,19,20,21). The third-order valence-electron chi connectivity index (χ3n) is 3.99. The van der Waals surface area contributed by atoms with Crippen molar-refractivity contribution in [3.8, 4) is 28.3 Å². The van der Waals surface area contributed by atoms with Crippen LogP contribution in [0.4, 0.5) is 0 Å². The molecule has 0 saturated carbocycles. The Labute approximate surface area is 148 Å². The number of H-pyrrole nitrogens is 1. The van der Waals surface area contributed by atoms with Crippen molar-refractivity contribution in [1.82, 2.24) is 25.6 Å². The molecular formula is C16H13N5O4S. The lowest BCUT2D eigenvalue weighted by Gasteiger charge is -2.18. The van der Waals surface area contributed by atoms with E-state index in [1.54, 1.807) is 24.3 Å². The summed E-state index contributed by atoms with van der Waals surface area (Å²) in [5.74, 6) is 0.738. The van der Waals surface area contributed by atoms with Crippen molar-refractivity contribution in [3.05, 3.63) is 36.0 Å². The number of fused-ring (bicyclic) bond motifs is 1. The van der Waals surface area contributed by atoms with E-state index in [1.807, 2.05) is 0 Å². The predicted molar refractivity (Wildman–Crippen MR) is 90.2 cm³/mol. The molecule has 0 radical (unpaired) electrons. The van der Waals surface area contributed by atoms with Gasteiger partial charge in [-0.1, -0.05) is 12.1 Å². The average Bonchev–Trinajstić information content (AvgIpc) is 3.14. The number of hydrogen-bond acceptors (Lipinski definition) is 8. The van der Waals surface area contributed by atoms with Gasteiger partial charge in [0.1, 0.15) is 12.4 Å². The number of sulfone groups is 1. The number of benzene rings is 1. The highest BCUT2D eigenvalue weighted by molar-refractivity contribution is 7.90. The summed E-state index contributed by atoms with van der Waals surface area (Å²) < 4.78 is 29.9. The second kappa shape index (κ2) is 5.99. The van der Waals surface area contributed by atoms with E-state index >= 15 is 0 Å². The fraction of sp³-hybridized carbons (Fsp3) is 0.188. The van der Waals surface area contributed by atoms with Crippen molar-refractivity contribution in [2.45, 2.75) is 11.4 Å². The van der Waals surface area contributed by atoms with Crippen LogP contribution in [-0.2, 0) is 21.1 Å². The first-order valence-corrected chi connectivity index (χ1v) is 9.53. The van der Waals surface area contributed by atoms with Crippen molar-refractivity contribution >= 4 is 15.6 Å². The van der Waals surface area contributed by atoms with Crippen LogP contribution in [0, 0.1) is 0 Å². The molecule has 4 rings (SSSR count). The van der Waals surface area contributed by atoms with E-state index in [-0.39, 0.29) is 28.8 Å². The zero-order valence-electron chi connectivity index (χ0n) is 13.6. The van der Waals surface area contributed by atoms with Gasteiger partial charge in [0.05, 0.1) is 5.56 Å². The first kappa shape index (κ1) is 16.3. The Balaban J connectivity index is 1.94. The predicted octanol–water partition coefficient (Wildman–Crippen LogP) is 0.836. The van der Waals surface area contributed by atoms with Gasteiger partial charge in [-0.2, -0.15) is 5.21 Å². The Bertz CT molecular complexity index is 1110. The smallest absolute Gasteiger partial charge is 0.208 e. The number of tetrazole rings is 1. The van der Waals surface area contributed by atoms with Crippen LogP contribution < -0.4 is 4.74 Å². The number of Topliss-reactive ketones (excluding diaryl/α,β-unsaturated/α-hetero) is 1. The van der Waals surface area contributed by atoms with Crippen LogP contribution in [0.3, 0.4) is 0 Å². The van der Waals surface area contributed by atoms with Crippen molar-refractivity contribution in [1.29, 1.82) is 0 Å². The van der Waals surface area contributed by atoms with E-state index < -0.39 is 9.84 Å². The van der Waals surface area contributed by atoms with E-state index in [9.17, 15) is 13.2 Å². The topological polar surface area (TPSA) is 128 Å². The van der Waals surface area contributed by atoms with Crippen LogP contribution in [0.5, 0.6) is 5.75 Å². The minimum atomic E-state index is -3.62. The Morgan fingerprint density at radius 2 is 2.08 bits per heavy atom. The molecule has 3 aromatic rings. The summed E-state index contributed by atoms with van der Waals surface area (Å²) in [5.41, 5.74) is 2.33. The lowest BCUT2D eigenvalue weighted by Crippen LogP contribution is -2.20. The largest absolute Gasteiger partial charge is 0.486 e. The summed E-state index contributed by atoms with van der Waals surface area (Å²) in [7, 11) is -3.62. The number of aromatic nitrogens is 5. The fourth-order valence-corrected chi connectivity index (χ4v) is 3.70. The summed E-state index contributed by atoms with van der Waals surface area (Å²) >= 11 is 0. The third kappa shape index (κ3) is 2.84. The number of pyridine rings is 1. The van der Waals surface area contributed by atoms with Gasteiger partial charge in [-0.3, -0.25) is 4.79 Å². The Hall–Kier alpha value is -3.14. The molecule has 0 bridgehead atoms. The van der Waals surface area contributed by atoms with Crippen molar-refractivity contribution < 1.29 is 17.9 Å². The van der Waals surface area contributed by atoms with Gasteiger partial charge in [-0.15, -0.1) is 10.2 Å². The van der Waals surface area contributed by atoms with Gasteiger partial charge < -0.3 is 4.74 Å². The summed E-state index contributed by atoms with van der Waals surface area (Å²) in [6.45, 7) is 0.0269. The normalized spacial score (nSPS) is 14.0. The van der Waals surface area contributed by atoms with Gasteiger partial charge in [-0.05, 0) is 28.5 Å². The van der Waals surface area contributed by atoms with Crippen LogP contribution >= 0.6 is 0 Å². The number of carbonyl (C=O) groups is 1. The number of ether oxygens (including phenoxy) is 1. The molecule has 132 valence electrons. The Morgan fingerprint density at radius 3 is 2.81 bits per heavy atom. The van der Waals surface area contributed by atoms with Crippen LogP contribution in [0.1, 0.15) is 5.56 Å². The quantitative estimate of drug-likeness (QED) is 0.717. The molecule has 9 nitrogen and oxygen atoms in total. The van der Waals surface area contributed by atoms with E-state index in [1.165, 1.54) is 6.20 Å². The van der Waals surface area contributed by atoms with Crippen molar-refractivity contribution in [3.63, 3.8) is 0 Å². The molecule has 0 atom stereocenters. The van der Waals surface area contributed by atoms with Gasteiger partial charge in [0.25, 0.3) is 0 Å².